The Morgan fingerprint density at radius 1 is 1.15 bits per heavy atom. The number of nitrogens with one attached hydrogen (secondary N) is 2. The highest BCUT2D eigenvalue weighted by molar-refractivity contribution is 7.82. The van der Waals surface area contributed by atoms with E-state index in [0.29, 0.717) is 47.7 Å². The fourth-order valence-electron chi connectivity index (χ4n) is 5.69. The second kappa shape index (κ2) is 14.9. The van der Waals surface area contributed by atoms with E-state index in [1.54, 1.807) is 42.8 Å². The van der Waals surface area contributed by atoms with Gasteiger partial charge < -0.3 is 26.1 Å². The Bertz CT molecular complexity index is 1750. The van der Waals surface area contributed by atoms with Gasteiger partial charge in [-0.1, -0.05) is 31.2 Å². The molecule has 4 aromatic rings. The van der Waals surface area contributed by atoms with Crippen molar-refractivity contribution < 1.29 is 13.7 Å². The third-order valence-electron chi connectivity index (χ3n) is 8.53. The van der Waals surface area contributed by atoms with Crippen LogP contribution >= 0.6 is 0 Å². The number of hydrogen-bond acceptors (Lipinski definition) is 10. The van der Waals surface area contributed by atoms with Crippen molar-refractivity contribution in [3.8, 4) is 5.88 Å². The van der Waals surface area contributed by atoms with Crippen molar-refractivity contribution in [1.82, 2.24) is 19.3 Å². The minimum absolute atomic E-state index is 0.135. The zero-order chi connectivity index (χ0) is 33.7. The SMILES string of the molecule is CC[C@@H]1CN(Cc2cc(C(CC(=O)Nc3cnc(NC)nc3)c3ccc(N(N)CC)c(N)c3C)ccc2C)S(=O)c2cccnc2O1. The lowest BCUT2D eigenvalue weighted by atomic mass is 9.83. The van der Waals surface area contributed by atoms with E-state index in [2.05, 4.69) is 37.7 Å². The molecular formula is C34H43N9O3S. The van der Waals surface area contributed by atoms with Crippen LogP contribution in [0.4, 0.5) is 23.0 Å². The van der Waals surface area contributed by atoms with Crippen molar-refractivity contribution in [3.63, 3.8) is 0 Å². The Balaban J connectivity index is 1.51. The van der Waals surface area contributed by atoms with Crippen LogP contribution in [-0.4, -0.2) is 55.6 Å². The summed E-state index contributed by atoms with van der Waals surface area (Å²) in [6.07, 6.45) is 5.51. The van der Waals surface area contributed by atoms with E-state index in [9.17, 15) is 9.00 Å². The number of amides is 1. The molecular weight excluding hydrogens is 615 g/mol. The van der Waals surface area contributed by atoms with E-state index >= 15 is 0 Å². The van der Waals surface area contributed by atoms with Gasteiger partial charge in [0.05, 0.1) is 29.5 Å². The number of nitrogens with two attached hydrogens (primary N) is 2. The normalized spacial score (nSPS) is 16.8. The molecule has 0 spiro atoms. The van der Waals surface area contributed by atoms with Crippen molar-refractivity contribution in [3.05, 3.63) is 88.9 Å². The monoisotopic (exact) mass is 657 g/mol. The molecule has 12 nitrogen and oxygen atoms in total. The van der Waals surface area contributed by atoms with Crippen molar-refractivity contribution in [2.75, 3.05) is 41.5 Å². The minimum Gasteiger partial charge on any atom is -0.472 e. The summed E-state index contributed by atoms with van der Waals surface area (Å²) in [6, 6.07) is 13.7. The summed E-state index contributed by atoms with van der Waals surface area (Å²) in [7, 11) is 0.259. The number of hydrogen-bond donors (Lipinski definition) is 4. The van der Waals surface area contributed by atoms with E-state index in [0.717, 1.165) is 39.9 Å². The van der Waals surface area contributed by atoms with Gasteiger partial charge in [-0.3, -0.25) is 4.79 Å². The van der Waals surface area contributed by atoms with Crippen LogP contribution in [0.1, 0.15) is 60.4 Å². The molecule has 1 aliphatic heterocycles. The average molecular weight is 658 g/mol. The second-order valence-corrected chi connectivity index (χ2v) is 13.0. The standard InChI is InChI=1S/C34H43N9O3S/c1-6-26-20-42(47(45)30-9-8-14-38-33(30)46-26)19-24-15-23(11-10-21(24)3)28(16-31(44)41-25-17-39-34(37-5)40-18-25)27-12-13-29(43(36)7-2)32(35)22(27)4/h8-15,17-18,26,28H,6-7,16,19-20,35-36H2,1-5H3,(H,41,44)(H,37,39,40)/t26-,28?,47?/m1/s1. The fraction of sp³-hybridized carbons (Fsp3) is 0.353. The zero-order valence-electron chi connectivity index (χ0n) is 27.5. The number of benzene rings is 2. The molecule has 5 rings (SSSR count). The maximum Gasteiger partial charge on any atom is 0.231 e. The first-order chi connectivity index (χ1) is 22.6. The molecule has 0 saturated carbocycles. The number of nitrogens with zero attached hydrogens (tertiary/aromatic N) is 5. The molecule has 3 heterocycles. The largest absolute Gasteiger partial charge is 0.472 e. The quantitative estimate of drug-likeness (QED) is 0.101. The van der Waals surface area contributed by atoms with Crippen LogP contribution < -0.4 is 32.0 Å². The van der Waals surface area contributed by atoms with Crippen LogP contribution in [0, 0.1) is 13.8 Å². The van der Waals surface area contributed by atoms with E-state index in [-0.39, 0.29) is 24.3 Å². The third-order valence-corrected chi connectivity index (χ3v) is 9.96. The number of ether oxygens (including phenoxy) is 1. The van der Waals surface area contributed by atoms with Crippen molar-refractivity contribution in [1.29, 1.82) is 0 Å². The van der Waals surface area contributed by atoms with Gasteiger partial charge in [-0.05, 0) is 73.2 Å². The van der Waals surface area contributed by atoms with Gasteiger partial charge in [0, 0.05) is 45.2 Å². The van der Waals surface area contributed by atoms with E-state index in [1.807, 2.05) is 50.2 Å². The van der Waals surface area contributed by atoms with Gasteiger partial charge in [-0.25, -0.2) is 29.3 Å². The van der Waals surface area contributed by atoms with Gasteiger partial charge in [-0.2, -0.15) is 0 Å². The molecule has 2 aromatic carbocycles. The molecule has 0 fully saturated rings. The Labute approximate surface area is 278 Å². The summed E-state index contributed by atoms with van der Waals surface area (Å²) in [5.41, 5.74) is 13.2. The molecule has 0 saturated heterocycles. The van der Waals surface area contributed by atoms with Crippen LogP contribution in [0.25, 0.3) is 0 Å². The molecule has 248 valence electrons. The van der Waals surface area contributed by atoms with Gasteiger partial charge in [-0.15, -0.1) is 0 Å². The Morgan fingerprint density at radius 2 is 1.91 bits per heavy atom. The maximum absolute atomic E-state index is 13.8. The van der Waals surface area contributed by atoms with Crippen LogP contribution in [0.2, 0.25) is 0 Å². The Kier molecular flexibility index (Phi) is 10.7. The number of aromatic nitrogens is 3. The average Bonchev–Trinajstić information content (AvgIpc) is 3.21. The molecule has 13 heteroatoms. The number of anilines is 4. The molecule has 2 unspecified atom stereocenters. The zero-order valence-corrected chi connectivity index (χ0v) is 28.3. The molecule has 1 aliphatic rings. The highest BCUT2D eigenvalue weighted by Crippen LogP contribution is 2.38. The smallest absolute Gasteiger partial charge is 0.231 e. The van der Waals surface area contributed by atoms with Gasteiger partial charge >= 0.3 is 0 Å². The molecule has 3 atom stereocenters. The van der Waals surface area contributed by atoms with Gasteiger partial charge in [0.2, 0.25) is 17.7 Å². The van der Waals surface area contributed by atoms with Crippen LogP contribution in [0.15, 0.2) is 66.0 Å². The van der Waals surface area contributed by atoms with E-state index in [1.165, 1.54) is 0 Å². The molecule has 1 amide bonds. The molecule has 0 radical (unpaired) electrons. The summed E-state index contributed by atoms with van der Waals surface area (Å²) in [6.45, 7) is 9.49. The number of pyridine rings is 1. The topological polar surface area (TPSA) is 165 Å². The number of rotatable bonds is 11. The van der Waals surface area contributed by atoms with E-state index < -0.39 is 11.0 Å². The molecule has 0 bridgehead atoms. The summed E-state index contributed by atoms with van der Waals surface area (Å²) >= 11 is 0. The Morgan fingerprint density at radius 3 is 2.62 bits per heavy atom. The van der Waals surface area contributed by atoms with Crippen molar-refractivity contribution in [2.45, 2.75) is 64.0 Å². The lowest BCUT2D eigenvalue weighted by molar-refractivity contribution is -0.116. The van der Waals surface area contributed by atoms with Crippen molar-refractivity contribution in [2.24, 2.45) is 5.84 Å². The number of carbonyl (C=O) groups excluding carboxylic acids is 1. The first kappa shape index (κ1) is 33.8. The van der Waals surface area contributed by atoms with Gasteiger partial charge in [0.25, 0.3) is 0 Å². The number of nitrogen functional groups attached to an aromatic ring is 1. The number of carbonyl (C=O) groups is 1. The van der Waals surface area contributed by atoms with Gasteiger partial charge in [0.15, 0.2) is 0 Å². The summed E-state index contributed by atoms with van der Waals surface area (Å²) in [4.78, 5) is 26.9. The van der Waals surface area contributed by atoms with Crippen LogP contribution in [0.3, 0.4) is 0 Å². The molecule has 47 heavy (non-hydrogen) atoms. The minimum atomic E-state index is -1.47. The predicted molar refractivity (Wildman–Crippen MR) is 186 cm³/mol. The molecule has 6 N–H and O–H groups in total. The highest BCUT2D eigenvalue weighted by Gasteiger charge is 2.30. The molecule has 2 aromatic heterocycles. The fourth-order valence-corrected chi connectivity index (χ4v) is 6.97. The lowest BCUT2D eigenvalue weighted by Gasteiger charge is -2.26. The third kappa shape index (κ3) is 7.53. The van der Waals surface area contributed by atoms with E-state index in [4.69, 9.17) is 16.3 Å². The second-order valence-electron chi connectivity index (χ2n) is 11.6. The van der Waals surface area contributed by atoms with Gasteiger partial charge in [0.1, 0.15) is 22.0 Å². The highest BCUT2D eigenvalue weighted by atomic mass is 32.2. The maximum atomic E-state index is 13.8. The Hall–Kier alpha value is -4.59. The lowest BCUT2D eigenvalue weighted by Crippen LogP contribution is -2.33. The predicted octanol–water partition coefficient (Wildman–Crippen LogP) is 4.67. The molecule has 0 aliphatic carbocycles. The number of aryl methyl sites for hydroxylation is 1. The van der Waals surface area contributed by atoms with Crippen LogP contribution in [-0.2, 0) is 22.3 Å². The first-order valence-electron chi connectivity index (χ1n) is 15.7. The summed E-state index contributed by atoms with van der Waals surface area (Å²) in [5, 5.41) is 7.42. The van der Waals surface area contributed by atoms with Crippen LogP contribution in [0.5, 0.6) is 5.88 Å². The summed E-state index contributed by atoms with van der Waals surface area (Å²) in [5.74, 6) is 6.55. The number of fused-ring (bicyclic) bond motifs is 1. The van der Waals surface area contributed by atoms with Crippen molar-refractivity contribution >= 4 is 39.9 Å². The number of hydrazine groups is 1. The first-order valence-corrected chi connectivity index (χ1v) is 16.8. The summed E-state index contributed by atoms with van der Waals surface area (Å²) < 4.78 is 21.9.